The van der Waals surface area contributed by atoms with E-state index in [9.17, 15) is 4.79 Å². The lowest BCUT2D eigenvalue weighted by Crippen LogP contribution is -2.51. The van der Waals surface area contributed by atoms with Gasteiger partial charge in [0.05, 0.1) is 16.3 Å². The van der Waals surface area contributed by atoms with Gasteiger partial charge in [-0.1, -0.05) is 12.2 Å². The largest absolute Gasteiger partial charge is 0.392 e. The molecule has 0 unspecified atom stereocenters. The Morgan fingerprint density at radius 1 is 1.47 bits per heavy atom. The van der Waals surface area contributed by atoms with Crippen LogP contribution in [0.4, 0.5) is 0 Å². The van der Waals surface area contributed by atoms with Crippen LogP contribution in [0.1, 0.15) is 26.7 Å². The Morgan fingerprint density at radius 3 is 2.37 bits per heavy atom. The van der Waals surface area contributed by atoms with Crippen LogP contribution >= 0.6 is 24.0 Å². The normalized spacial score (nSPS) is 19.4. The zero-order chi connectivity index (χ0) is 14.6. The molecule has 1 amide bonds. The van der Waals surface area contributed by atoms with Crippen LogP contribution in [0, 0.1) is 0 Å². The first-order valence-electron chi connectivity index (χ1n) is 6.65. The maximum Gasteiger partial charge on any atom is 0.236 e. The highest BCUT2D eigenvalue weighted by molar-refractivity contribution is 8.02. The lowest BCUT2D eigenvalue weighted by atomic mass is 9.95. The monoisotopic (exact) mass is 303 g/mol. The molecule has 0 aromatic rings. The number of carbonyl (C=O) groups is 1. The summed E-state index contributed by atoms with van der Waals surface area (Å²) in [6, 6.07) is 0.249. The summed E-state index contributed by atoms with van der Waals surface area (Å²) < 4.78 is -0.0706. The summed E-state index contributed by atoms with van der Waals surface area (Å²) in [7, 11) is 1.86. The van der Waals surface area contributed by atoms with Crippen LogP contribution in [-0.2, 0) is 4.79 Å². The third-order valence-electron chi connectivity index (χ3n) is 4.03. The van der Waals surface area contributed by atoms with Crippen molar-refractivity contribution in [3.8, 4) is 0 Å². The predicted octanol–water partition coefficient (Wildman–Crippen LogP) is 1.34. The van der Waals surface area contributed by atoms with Gasteiger partial charge in [-0.3, -0.25) is 9.69 Å². The Balaban J connectivity index is 2.51. The maximum atomic E-state index is 12.0. The van der Waals surface area contributed by atoms with Gasteiger partial charge < -0.3 is 10.6 Å². The first-order chi connectivity index (χ1) is 8.82. The second-order valence-electron chi connectivity index (χ2n) is 5.44. The molecule has 0 radical (unpaired) electrons. The van der Waals surface area contributed by atoms with E-state index in [1.54, 1.807) is 16.7 Å². The summed E-state index contributed by atoms with van der Waals surface area (Å²) >= 11 is 6.94. The van der Waals surface area contributed by atoms with Gasteiger partial charge in [0, 0.05) is 26.2 Å². The molecule has 19 heavy (non-hydrogen) atoms. The van der Waals surface area contributed by atoms with Gasteiger partial charge in [0.2, 0.25) is 5.91 Å². The van der Waals surface area contributed by atoms with Crippen molar-refractivity contribution in [1.82, 2.24) is 9.80 Å². The van der Waals surface area contributed by atoms with Crippen molar-refractivity contribution < 1.29 is 4.79 Å². The molecule has 1 rings (SSSR count). The number of rotatable bonds is 5. The van der Waals surface area contributed by atoms with E-state index in [4.69, 9.17) is 18.0 Å². The predicted molar refractivity (Wildman–Crippen MR) is 86.6 cm³/mol. The van der Waals surface area contributed by atoms with Gasteiger partial charge in [-0.15, -0.1) is 0 Å². The Labute approximate surface area is 126 Å². The molecular weight excluding hydrogens is 278 g/mol. The molecule has 0 bridgehead atoms. The highest BCUT2D eigenvalue weighted by Crippen LogP contribution is 2.34. The van der Waals surface area contributed by atoms with Crippen molar-refractivity contribution in [1.29, 1.82) is 0 Å². The molecule has 2 N–H and O–H groups in total. The third-order valence-corrected chi connectivity index (χ3v) is 5.96. The van der Waals surface area contributed by atoms with Crippen LogP contribution in [0.3, 0.4) is 0 Å². The highest BCUT2D eigenvalue weighted by Gasteiger charge is 2.37. The standard InChI is InChI=1S/C13H25N3OS2/c1-10(2)15(3)11(17)9-16-7-5-13(19-4,6-8-16)12(14)18/h10H,5-9H2,1-4H3,(H2,14,18). The molecule has 0 atom stereocenters. The van der Waals surface area contributed by atoms with E-state index in [2.05, 4.69) is 11.2 Å². The molecule has 6 heteroatoms. The quantitative estimate of drug-likeness (QED) is 0.777. The third kappa shape index (κ3) is 4.07. The molecule has 1 fully saturated rings. The smallest absolute Gasteiger partial charge is 0.236 e. The molecule has 1 saturated heterocycles. The minimum Gasteiger partial charge on any atom is -0.392 e. The van der Waals surface area contributed by atoms with Crippen molar-refractivity contribution in [2.45, 2.75) is 37.5 Å². The number of piperidine rings is 1. The van der Waals surface area contributed by atoms with E-state index >= 15 is 0 Å². The fourth-order valence-corrected chi connectivity index (χ4v) is 3.46. The number of amides is 1. The number of nitrogens with two attached hydrogens (primary N) is 1. The fourth-order valence-electron chi connectivity index (χ4n) is 2.21. The summed E-state index contributed by atoms with van der Waals surface area (Å²) in [6.07, 6.45) is 3.93. The Hall–Kier alpha value is -0.330. The van der Waals surface area contributed by atoms with E-state index in [1.165, 1.54) is 0 Å². The van der Waals surface area contributed by atoms with E-state index < -0.39 is 0 Å². The lowest BCUT2D eigenvalue weighted by Gasteiger charge is -2.40. The fraction of sp³-hybridized carbons (Fsp3) is 0.846. The molecule has 0 aromatic carbocycles. The van der Waals surface area contributed by atoms with Gasteiger partial charge in [-0.05, 0) is 32.9 Å². The van der Waals surface area contributed by atoms with Crippen LogP contribution in [0.2, 0.25) is 0 Å². The highest BCUT2D eigenvalue weighted by atomic mass is 32.2. The van der Waals surface area contributed by atoms with Crippen LogP contribution in [0.15, 0.2) is 0 Å². The molecule has 0 saturated carbocycles. The van der Waals surface area contributed by atoms with E-state index in [0.717, 1.165) is 25.9 Å². The second-order valence-corrected chi connectivity index (χ2v) is 7.07. The van der Waals surface area contributed by atoms with E-state index in [0.29, 0.717) is 11.5 Å². The first-order valence-corrected chi connectivity index (χ1v) is 8.29. The van der Waals surface area contributed by atoms with Crippen molar-refractivity contribution in [3.05, 3.63) is 0 Å². The van der Waals surface area contributed by atoms with Gasteiger partial charge in [0.15, 0.2) is 0 Å². The van der Waals surface area contributed by atoms with Crippen LogP contribution in [0.5, 0.6) is 0 Å². The van der Waals surface area contributed by atoms with Crippen LogP contribution in [0.25, 0.3) is 0 Å². The molecule has 4 nitrogen and oxygen atoms in total. The van der Waals surface area contributed by atoms with Crippen molar-refractivity contribution >= 4 is 34.9 Å². The van der Waals surface area contributed by atoms with E-state index in [-0.39, 0.29) is 16.7 Å². The zero-order valence-electron chi connectivity index (χ0n) is 12.3. The SMILES string of the molecule is CSC1(C(N)=S)CCN(CC(=O)N(C)C(C)C)CC1. The van der Waals surface area contributed by atoms with Crippen molar-refractivity contribution in [2.75, 3.05) is 32.9 Å². The zero-order valence-corrected chi connectivity index (χ0v) is 13.9. The lowest BCUT2D eigenvalue weighted by molar-refractivity contribution is -0.132. The Bertz CT molecular complexity index is 339. The van der Waals surface area contributed by atoms with Gasteiger partial charge in [-0.25, -0.2) is 0 Å². The molecule has 0 spiro atoms. The number of carbonyl (C=O) groups excluding carboxylic acids is 1. The van der Waals surface area contributed by atoms with Crippen molar-refractivity contribution in [3.63, 3.8) is 0 Å². The molecule has 1 aliphatic heterocycles. The minimum atomic E-state index is -0.0706. The van der Waals surface area contributed by atoms with Crippen molar-refractivity contribution in [2.24, 2.45) is 5.73 Å². The Kier molecular flexibility index (Phi) is 6.08. The van der Waals surface area contributed by atoms with Gasteiger partial charge >= 0.3 is 0 Å². The number of hydrogen-bond donors (Lipinski definition) is 1. The number of thiocarbonyl (C=S) groups is 1. The average molecular weight is 303 g/mol. The minimum absolute atomic E-state index is 0.0706. The average Bonchev–Trinajstić information content (AvgIpc) is 2.38. The summed E-state index contributed by atoms with van der Waals surface area (Å²) in [5.74, 6) is 0.182. The van der Waals surface area contributed by atoms with Crippen LogP contribution in [-0.4, -0.2) is 64.4 Å². The molecule has 110 valence electrons. The number of likely N-dealkylation sites (tertiary alicyclic amines) is 1. The Morgan fingerprint density at radius 2 is 2.00 bits per heavy atom. The number of thioether (sulfide) groups is 1. The summed E-state index contributed by atoms with van der Waals surface area (Å²) in [4.78, 5) is 16.6. The molecule has 1 aliphatic rings. The number of nitrogens with zero attached hydrogens (tertiary/aromatic N) is 2. The molecule has 0 aliphatic carbocycles. The van der Waals surface area contributed by atoms with Gasteiger partial charge in [0.1, 0.15) is 0 Å². The van der Waals surface area contributed by atoms with E-state index in [1.807, 2.05) is 20.9 Å². The summed E-state index contributed by atoms with van der Waals surface area (Å²) in [6.45, 7) is 6.32. The molecule has 1 heterocycles. The summed E-state index contributed by atoms with van der Waals surface area (Å²) in [5.41, 5.74) is 5.86. The number of hydrogen-bond acceptors (Lipinski definition) is 4. The maximum absolute atomic E-state index is 12.0. The van der Waals surface area contributed by atoms with Gasteiger partial charge in [-0.2, -0.15) is 11.8 Å². The van der Waals surface area contributed by atoms with Gasteiger partial charge in [0.25, 0.3) is 0 Å². The second kappa shape index (κ2) is 6.90. The summed E-state index contributed by atoms with van der Waals surface area (Å²) in [5, 5.41) is 0. The van der Waals surface area contributed by atoms with Crippen LogP contribution < -0.4 is 5.73 Å². The number of likely N-dealkylation sites (N-methyl/N-ethyl adjacent to an activating group) is 1. The molecular formula is C13H25N3OS2. The molecule has 0 aromatic heterocycles. The topological polar surface area (TPSA) is 49.6 Å². The first kappa shape index (κ1) is 16.7.